The number of carboxylic acids is 1. The van der Waals surface area contributed by atoms with E-state index in [2.05, 4.69) is 10.6 Å². The van der Waals surface area contributed by atoms with Crippen molar-refractivity contribution < 1.29 is 19.1 Å². The van der Waals surface area contributed by atoms with E-state index in [-0.39, 0.29) is 11.4 Å². The Labute approximate surface area is 189 Å². The molecule has 1 amide bonds. The second-order valence-electron chi connectivity index (χ2n) is 7.86. The van der Waals surface area contributed by atoms with Crippen LogP contribution in [0.15, 0.2) is 60.8 Å². The number of carboxylic acid groups (broad SMARTS) is 1. The fraction of sp³-hybridized carbons (Fsp3) is 0.160. The van der Waals surface area contributed by atoms with Crippen LogP contribution in [0.3, 0.4) is 0 Å². The minimum absolute atomic E-state index is 0.225. The standard InChI is InChI=1S/C25H23FN4O3/c1-14-6-4-7-15(2)20(14)28-23-21(17-9-11-18(26)12-10-17)29-22-19(8-5-13-30(22)23)24(31)27-16(3)25(32)33/h4-13,16,28H,1-3H3,(H,27,31)(H,32,33). The zero-order valence-corrected chi connectivity index (χ0v) is 18.4. The van der Waals surface area contributed by atoms with Gasteiger partial charge < -0.3 is 15.7 Å². The van der Waals surface area contributed by atoms with Crippen LogP contribution < -0.4 is 10.6 Å². The molecule has 33 heavy (non-hydrogen) atoms. The molecule has 4 rings (SSSR count). The summed E-state index contributed by atoms with van der Waals surface area (Å²) in [5.41, 5.74) is 4.72. The number of para-hydroxylation sites is 1. The number of nitrogens with zero attached hydrogens (tertiary/aromatic N) is 2. The molecule has 7 nitrogen and oxygen atoms in total. The summed E-state index contributed by atoms with van der Waals surface area (Å²) in [7, 11) is 0. The van der Waals surface area contributed by atoms with Gasteiger partial charge in [0.25, 0.3) is 5.91 Å². The minimum atomic E-state index is -1.14. The van der Waals surface area contributed by atoms with Gasteiger partial charge in [0, 0.05) is 17.4 Å². The highest BCUT2D eigenvalue weighted by Crippen LogP contribution is 2.34. The molecule has 0 radical (unpaired) electrons. The molecule has 2 aromatic heterocycles. The first-order valence-electron chi connectivity index (χ1n) is 10.4. The summed E-state index contributed by atoms with van der Waals surface area (Å²) in [6.45, 7) is 5.37. The van der Waals surface area contributed by atoms with Crippen molar-refractivity contribution in [3.8, 4) is 11.3 Å². The van der Waals surface area contributed by atoms with Gasteiger partial charge in [0.15, 0.2) is 5.65 Å². The molecule has 0 aliphatic carbocycles. The largest absolute Gasteiger partial charge is 0.480 e. The summed E-state index contributed by atoms with van der Waals surface area (Å²) in [5, 5.41) is 15.1. The Balaban J connectivity index is 1.90. The highest BCUT2D eigenvalue weighted by atomic mass is 19.1. The Kier molecular flexibility index (Phi) is 5.83. The second-order valence-corrected chi connectivity index (χ2v) is 7.86. The molecule has 0 fully saturated rings. The summed E-state index contributed by atoms with van der Waals surface area (Å²) >= 11 is 0. The van der Waals surface area contributed by atoms with Crippen LogP contribution >= 0.6 is 0 Å². The Hall–Kier alpha value is -4.20. The number of benzene rings is 2. The molecule has 0 spiro atoms. The summed E-state index contributed by atoms with van der Waals surface area (Å²) in [6.07, 6.45) is 1.77. The minimum Gasteiger partial charge on any atom is -0.480 e. The lowest BCUT2D eigenvalue weighted by molar-refractivity contribution is -0.138. The van der Waals surface area contributed by atoms with E-state index in [4.69, 9.17) is 10.1 Å². The first kappa shape index (κ1) is 22.0. The highest BCUT2D eigenvalue weighted by Gasteiger charge is 2.22. The van der Waals surface area contributed by atoms with Gasteiger partial charge in [-0.15, -0.1) is 0 Å². The van der Waals surface area contributed by atoms with Gasteiger partial charge in [-0.2, -0.15) is 0 Å². The number of hydrogen-bond acceptors (Lipinski definition) is 4. The SMILES string of the molecule is Cc1cccc(C)c1Nc1c(-c2ccc(F)cc2)nc2c(C(=O)NC(C)C(=O)O)cccn12. The highest BCUT2D eigenvalue weighted by molar-refractivity contribution is 6.02. The fourth-order valence-corrected chi connectivity index (χ4v) is 3.64. The number of pyridine rings is 1. The summed E-state index contributed by atoms with van der Waals surface area (Å²) in [4.78, 5) is 28.7. The van der Waals surface area contributed by atoms with Crippen molar-refractivity contribution in [2.75, 3.05) is 5.32 Å². The van der Waals surface area contributed by atoms with Gasteiger partial charge in [0.2, 0.25) is 0 Å². The molecule has 0 saturated carbocycles. The topological polar surface area (TPSA) is 95.7 Å². The van der Waals surface area contributed by atoms with Crippen LogP contribution in [0.4, 0.5) is 15.9 Å². The van der Waals surface area contributed by atoms with E-state index in [1.807, 2.05) is 32.0 Å². The molecule has 2 heterocycles. The average molecular weight is 446 g/mol. The maximum absolute atomic E-state index is 13.6. The number of rotatable bonds is 6. The predicted molar refractivity (Wildman–Crippen MR) is 124 cm³/mol. The van der Waals surface area contributed by atoms with E-state index in [0.717, 1.165) is 16.8 Å². The Morgan fingerprint density at radius 1 is 1.03 bits per heavy atom. The number of fused-ring (bicyclic) bond motifs is 1. The fourth-order valence-electron chi connectivity index (χ4n) is 3.64. The molecular weight excluding hydrogens is 423 g/mol. The Bertz CT molecular complexity index is 1340. The third kappa shape index (κ3) is 4.27. The van der Waals surface area contributed by atoms with Crippen LogP contribution in [0.2, 0.25) is 0 Å². The monoisotopic (exact) mass is 446 g/mol. The second kappa shape index (κ2) is 8.74. The van der Waals surface area contributed by atoms with Gasteiger partial charge in [-0.1, -0.05) is 18.2 Å². The van der Waals surface area contributed by atoms with Crippen molar-refractivity contribution in [3.05, 3.63) is 83.3 Å². The number of carbonyl (C=O) groups excluding carboxylic acids is 1. The lowest BCUT2D eigenvalue weighted by Crippen LogP contribution is -2.38. The molecule has 0 aliphatic rings. The smallest absolute Gasteiger partial charge is 0.325 e. The zero-order valence-electron chi connectivity index (χ0n) is 18.4. The number of anilines is 2. The van der Waals surface area contributed by atoms with Crippen molar-refractivity contribution in [2.45, 2.75) is 26.8 Å². The van der Waals surface area contributed by atoms with Crippen LogP contribution in [0.25, 0.3) is 16.9 Å². The van der Waals surface area contributed by atoms with Gasteiger partial charge >= 0.3 is 5.97 Å². The summed E-state index contributed by atoms with van der Waals surface area (Å²) in [6, 6.07) is 14.1. The van der Waals surface area contributed by atoms with E-state index in [9.17, 15) is 14.0 Å². The van der Waals surface area contributed by atoms with Gasteiger partial charge in [0.05, 0.1) is 5.56 Å². The molecule has 1 atom stereocenters. The number of hydrogen-bond donors (Lipinski definition) is 3. The number of aryl methyl sites for hydroxylation is 2. The number of amides is 1. The van der Waals surface area contributed by atoms with Gasteiger partial charge in [0.1, 0.15) is 23.4 Å². The predicted octanol–water partition coefficient (Wildman–Crippen LogP) is 4.70. The molecule has 1 unspecified atom stereocenters. The normalized spacial score (nSPS) is 11.9. The summed E-state index contributed by atoms with van der Waals surface area (Å²) in [5.74, 6) is -1.45. The van der Waals surface area contributed by atoms with Crippen LogP contribution in [0, 0.1) is 19.7 Å². The molecule has 0 saturated heterocycles. The Morgan fingerprint density at radius 3 is 2.33 bits per heavy atom. The van der Waals surface area contributed by atoms with E-state index in [0.29, 0.717) is 22.7 Å². The number of carbonyl (C=O) groups is 2. The number of imidazole rings is 1. The molecule has 168 valence electrons. The van der Waals surface area contributed by atoms with E-state index >= 15 is 0 Å². The number of aromatic nitrogens is 2. The third-order valence-electron chi connectivity index (χ3n) is 5.45. The summed E-state index contributed by atoms with van der Waals surface area (Å²) < 4.78 is 15.3. The van der Waals surface area contributed by atoms with Crippen LogP contribution in [0.5, 0.6) is 0 Å². The molecule has 2 aromatic carbocycles. The molecule has 8 heteroatoms. The molecule has 0 bridgehead atoms. The number of aliphatic carboxylic acids is 1. The molecular formula is C25H23FN4O3. The lowest BCUT2D eigenvalue weighted by Gasteiger charge is -2.14. The van der Waals surface area contributed by atoms with Gasteiger partial charge in [-0.25, -0.2) is 9.37 Å². The lowest BCUT2D eigenvalue weighted by atomic mass is 10.1. The third-order valence-corrected chi connectivity index (χ3v) is 5.45. The van der Waals surface area contributed by atoms with E-state index in [1.54, 1.807) is 34.9 Å². The maximum atomic E-state index is 13.6. The van der Waals surface area contributed by atoms with E-state index < -0.39 is 17.9 Å². The zero-order chi connectivity index (χ0) is 23.7. The molecule has 3 N–H and O–H groups in total. The quantitative estimate of drug-likeness (QED) is 0.399. The first-order valence-corrected chi connectivity index (χ1v) is 10.4. The Morgan fingerprint density at radius 2 is 1.70 bits per heavy atom. The van der Waals surface area contributed by atoms with Crippen molar-refractivity contribution >= 4 is 29.0 Å². The van der Waals surface area contributed by atoms with Gasteiger partial charge in [-0.3, -0.25) is 14.0 Å². The average Bonchev–Trinajstić information content (AvgIpc) is 3.15. The van der Waals surface area contributed by atoms with Crippen molar-refractivity contribution in [3.63, 3.8) is 0 Å². The van der Waals surface area contributed by atoms with Crippen LogP contribution in [0.1, 0.15) is 28.4 Å². The number of nitrogens with one attached hydrogen (secondary N) is 2. The van der Waals surface area contributed by atoms with Crippen molar-refractivity contribution in [1.29, 1.82) is 0 Å². The van der Waals surface area contributed by atoms with Crippen LogP contribution in [-0.2, 0) is 4.79 Å². The number of halogens is 1. The first-order chi connectivity index (χ1) is 15.8. The maximum Gasteiger partial charge on any atom is 0.325 e. The van der Waals surface area contributed by atoms with Crippen molar-refractivity contribution in [2.24, 2.45) is 0 Å². The van der Waals surface area contributed by atoms with Gasteiger partial charge in [-0.05, 0) is 68.3 Å². The van der Waals surface area contributed by atoms with E-state index in [1.165, 1.54) is 19.1 Å². The molecule has 0 aliphatic heterocycles. The van der Waals surface area contributed by atoms with Crippen molar-refractivity contribution in [1.82, 2.24) is 14.7 Å². The molecule has 4 aromatic rings. The van der Waals surface area contributed by atoms with Crippen LogP contribution in [-0.4, -0.2) is 32.4 Å².